The van der Waals surface area contributed by atoms with Crippen LogP contribution in [0.3, 0.4) is 0 Å². The average Bonchev–Trinajstić information content (AvgIpc) is 2.78. The number of hydrogen-bond acceptors (Lipinski definition) is 3. The topological polar surface area (TPSA) is 42.2 Å². The van der Waals surface area contributed by atoms with E-state index in [0.29, 0.717) is 5.92 Å². The van der Waals surface area contributed by atoms with E-state index in [1.54, 1.807) is 6.20 Å². The summed E-state index contributed by atoms with van der Waals surface area (Å²) in [5.41, 5.74) is 2.22. The van der Waals surface area contributed by atoms with E-state index in [1.165, 1.54) is 5.69 Å². The molecule has 0 atom stereocenters. The lowest BCUT2D eigenvalue weighted by molar-refractivity contribution is 0.632. The highest BCUT2D eigenvalue weighted by Gasteiger charge is 2.14. The molecule has 0 fully saturated rings. The van der Waals surface area contributed by atoms with Crippen molar-refractivity contribution in [1.82, 2.24) is 14.4 Å². The van der Waals surface area contributed by atoms with Gasteiger partial charge in [-0.15, -0.1) is 0 Å². The Labute approximate surface area is 118 Å². The summed E-state index contributed by atoms with van der Waals surface area (Å²) in [6, 6.07) is 12.0. The van der Waals surface area contributed by atoms with Crippen molar-refractivity contribution in [3.8, 4) is 0 Å². The van der Waals surface area contributed by atoms with E-state index in [0.717, 1.165) is 23.7 Å². The van der Waals surface area contributed by atoms with Crippen LogP contribution in [0, 0.1) is 5.92 Å². The van der Waals surface area contributed by atoms with E-state index in [9.17, 15) is 0 Å². The highest BCUT2D eigenvalue weighted by atomic mass is 15.2. The molecule has 0 unspecified atom stereocenters. The first kappa shape index (κ1) is 12.7. The molecule has 3 rings (SSSR count). The van der Waals surface area contributed by atoms with Crippen LogP contribution in [0.1, 0.15) is 19.5 Å². The van der Waals surface area contributed by atoms with Gasteiger partial charge in [0, 0.05) is 18.1 Å². The summed E-state index contributed by atoms with van der Waals surface area (Å²) < 4.78 is 2.06. The zero-order chi connectivity index (χ0) is 13.9. The number of imidazole rings is 1. The third kappa shape index (κ3) is 2.50. The summed E-state index contributed by atoms with van der Waals surface area (Å²) in [5, 5.41) is 3.40. The SMILES string of the molecule is CC(C)Cc1c(Nc2ccccc2)nc2ncccn12. The van der Waals surface area contributed by atoms with E-state index < -0.39 is 0 Å². The molecule has 20 heavy (non-hydrogen) atoms. The molecular weight excluding hydrogens is 248 g/mol. The summed E-state index contributed by atoms with van der Waals surface area (Å²) >= 11 is 0. The van der Waals surface area contributed by atoms with Crippen LogP contribution in [0.4, 0.5) is 11.5 Å². The molecular formula is C16H18N4. The van der Waals surface area contributed by atoms with Gasteiger partial charge >= 0.3 is 0 Å². The Bertz CT molecular complexity index is 701. The zero-order valence-electron chi connectivity index (χ0n) is 11.7. The number of fused-ring (bicyclic) bond motifs is 1. The van der Waals surface area contributed by atoms with E-state index in [1.807, 2.05) is 42.6 Å². The van der Waals surface area contributed by atoms with Gasteiger partial charge in [0.05, 0.1) is 5.69 Å². The number of nitrogens with zero attached hydrogens (tertiary/aromatic N) is 3. The van der Waals surface area contributed by atoms with E-state index in [2.05, 4.69) is 33.5 Å². The number of aromatic nitrogens is 3. The molecule has 3 aromatic rings. The maximum atomic E-state index is 4.60. The molecule has 1 aromatic carbocycles. The van der Waals surface area contributed by atoms with E-state index >= 15 is 0 Å². The first-order valence-corrected chi connectivity index (χ1v) is 6.88. The van der Waals surface area contributed by atoms with Gasteiger partial charge in [0.25, 0.3) is 0 Å². The van der Waals surface area contributed by atoms with Crippen molar-refractivity contribution < 1.29 is 0 Å². The van der Waals surface area contributed by atoms with Gasteiger partial charge in [0.1, 0.15) is 0 Å². The molecule has 0 spiro atoms. The second kappa shape index (κ2) is 5.33. The van der Waals surface area contributed by atoms with Gasteiger partial charge in [-0.05, 0) is 30.5 Å². The normalized spacial score (nSPS) is 11.2. The van der Waals surface area contributed by atoms with Crippen LogP contribution in [-0.4, -0.2) is 14.4 Å². The van der Waals surface area contributed by atoms with Gasteiger partial charge in [0.15, 0.2) is 5.82 Å². The van der Waals surface area contributed by atoms with E-state index in [4.69, 9.17) is 0 Å². The Hall–Kier alpha value is -2.36. The molecule has 2 aromatic heterocycles. The van der Waals surface area contributed by atoms with Gasteiger partial charge in [-0.3, -0.25) is 4.40 Å². The second-order valence-corrected chi connectivity index (χ2v) is 5.29. The highest BCUT2D eigenvalue weighted by molar-refractivity contribution is 5.61. The Balaban J connectivity index is 2.04. The zero-order valence-corrected chi connectivity index (χ0v) is 11.7. The highest BCUT2D eigenvalue weighted by Crippen LogP contribution is 2.23. The summed E-state index contributed by atoms with van der Waals surface area (Å²) in [7, 11) is 0. The number of anilines is 2. The largest absolute Gasteiger partial charge is 0.339 e. The third-order valence-electron chi connectivity index (χ3n) is 3.14. The standard InChI is InChI=1S/C16H18N4/c1-12(2)11-14-15(18-13-7-4-3-5-8-13)19-16-17-9-6-10-20(14)16/h3-10,12,18H,11H2,1-2H3. The fraction of sp³-hybridized carbons (Fsp3) is 0.250. The Kier molecular flexibility index (Phi) is 3.37. The number of hydrogen-bond donors (Lipinski definition) is 1. The molecule has 0 aliphatic rings. The van der Waals surface area contributed by atoms with Crippen molar-refractivity contribution in [2.45, 2.75) is 20.3 Å². The molecule has 4 nitrogen and oxygen atoms in total. The third-order valence-corrected chi connectivity index (χ3v) is 3.14. The first-order valence-electron chi connectivity index (χ1n) is 6.88. The molecule has 0 aliphatic heterocycles. The first-order chi connectivity index (χ1) is 9.74. The molecule has 4 heteroatoms. The van der Waals surface area contributed by atoms with E-state index in [-0.39, 0.29) is 0 Å². The van der Waals surface area contributed by atoms with Crippen LogP contribution in [0.25, 0.3) is 5.78 Å². The van der Waals surface area contributed by atoms with Crippen LogP contribution in [0.2, 0.25) is 0 Å². The average molecular weight is 266 g/mol. The van der Waals surface area contributed by atoms with Crippen molar-refractivity contribution in [3.05, 3.63) is 54.5 Å². The number of rotatable bonds is 4. The van der Waals surface area contributed by atoms with Crippen LogP contribution < -0.4 is 5.32 Å². The van der Waals surface area contributed by atoms with Gasteiger partial charge in [-0.2, -0.15) is 4.98 Å². The van der Waals surface area contributed by atoms with Crippen LogP contribution in [0.5, 0.6) is 0 Å². The van der Waals surface area contributed by atoms with Crippen LogP contribution in [-0.2, 0) is 6.42 Å². The number of para-hydroxylation sites is 1. The minimum Gasteiger partial charge on any atom is -0.339 e. The van der Waals surface area contributed by atoms with Gasteiger partial charge in [0.2, 0.25) is 5.78 Å². The Morgan fingerprint density at radius 1 is 1.15 bits per heavy atom. The summed E-state index contributed by atoms with van der Waals surface area (Å²) in [6.45, 7) is 4.42. The van der Waals surface area contributed by atoms with Gasteiger partial charge in [-0.25, -0.2) is 4.98 Å². The maximum absolute atomic E-state index is 4.60. The van der Waals surface area contributed by atoms with Crippen molar-refractivity contribution in [2.24, 2.45) is 5.92 Å². The minimum absolute atomic E-state index is 0.562. The minimum atomic E-state index is 0.562. The van der Waals surface area contributed by atoms with Crippen molar-refractivity contribution >= 4 is 17.3 Å². The molecule has 0 saturated carbocycles. The number of benzene rings is 1. The summed E-state index contributed by atoms with van der Waals surface area (Å²) in [5.74, 6) is 2.19. The van der Waals surface area contributed by atoms with Crippen molar-refractivity contribution in [1.29, 1.82) is 0 Å². The molecule has 0 radical (unpaired) electrons. The van der Waals surface area contributed by atoms with Crippen molar-refractivity contribution in [2.75, 3.05) is 5.32 Å². The fourth-order valence-electron chi connectivity index (χ4n) is 2.28. The second-order valence-electron chi connectivity index (χ2n) is 5.29. The number of nitrogens with one attached hydrogen (secondary N) is 1. The molecule has 102 valence electrons. The van der Waals surface area contributed by atoms with Crippen LogP contribution in [0.15, 0.2) is 48.8 Å². The van der Waals surface area contributed by atoms with Gasteiger partial charge in [-0.1, -0.05) is 32.0 Å². The molecule has 1 N–H and O–H groups in total. The predicted molar refractivity (Wildman–Crippen MR) is 81.3 cm³/mol. The van der Waals surface area contributed by atoms with Crippen molar-refractivity contribution in [3.63, 3.8) is 0 Å². The lowest BCUT2D eigenvalue weighted by atomic mass is 10.1. The van der Waals surface area contributed by atoms with Gasteiger partial charge < -0.3 is 5.32 Å². The molecule has 0 amide bonds. The molecule has 0 saturated heterocycles. The monoisotopic (exact) mass is 266 g/mol. The lowest BCUT2D eigenvalue weighted by Crippen LogP contribution is -2.02. The fourth-order valence-corrected chi connectivity index (χ4v) is 2.28. The predicted octanol–water partition coefficient (Wildman–Crippen LogP) is 3.67. The summed E-state index contributed by atoms with van der Waals surface area (Å²) in [6.07, 6.45) is 4.75. The quantitative estimate of drug-likeness (QED) is 0.783. The Morgan fingerprint density at radius 3 is 2.70 bits per heavy atom. The lowest BCUT2D eigenvalue weighted by Gasteiger charge is -2.09. The molecule has 0 bridgehead atoms. The maximum Gasteiger partial charge on any atom is 0.235 e. The molecule has 0 aliphatic carbocycles. The Morgan fingerprint density at radius 2 is 1.95 bits per heavy atom. The smallest absolute Gasteiger partial charge is 0.235 e. The molecule has 2 heterocycles. The summed E-state index contributed by atoms with van der Waals surface area (Å²) in [4.78, 5) is 8.93. The van der Waals surface area contributed by atoms with Crippen LogP contribution >= 0.6 is 0 Å².